The fraction of sp³-hybridized carbons (Fsp3) is 0.592. The first-order valence-corrected chi connectivity index (χ1v) is 31.0. The van der Waals surface area contributed by atoms with Gasteiger partial charge in [0.25, 0.3) is 0 Å². The Morgan fingerprint density at radius 2 is 0.519 bits per heavy atom. The van der Waals surface area contributed by atoms with Gasteiger partial charge in [-0.25, -0.2) is 0 Å². The van der Waals surface area contributed by atoms with Crippen LogP contribution in [0.3, 0.4) is 0 Å². The molecule has 0 amide bonds. The monoisotopic (exact) mass is 1060 g/mol. The molecule has 77 heavy (non-hydrogen) atoms. The van der Waals surface area contributed by atoms with Crippen molar-refractivity contribution in [3.05, 3.63) is 158 Å². The van der Waals surface area contributed by atoms with Crippen molar-refractivity contribution in [1.29, 1.82) is 0 Å². The third-order valence-corrected chi connectivity index (χ3v) is 12.5. The highest BCUT2D eigenvalue weighted by atomic mass is 16.6. The van der Waals surface area contributed by atoms with E-state index in [9.17, 15) is 14.4 Å². The van der Waals surface area contributed by atoms with E-state index in [1.807, 2.05) is 0 Å². The summed E-state index contributed by atoms with van der Waals surface area (Å²) in [6, 6.07) is 0. The first kappa shape index (κ1) is 72.0. The Labute approximate surface area is 473 Å². The summed E-state index contributed by atoms with van der Waals surface area (Å²) in [6.07, 6.45) is 92.5. The van der Waals surface area contributed by atoms with Crippen LogP contribution in [-0.2, 0) is 28.6 Å². The lowest BCUT2D eigenvalue weighted by Gasteiger charge is -2.18. The number of rotatable bonds is 54. The molecule has 0 rings (SSSR count). The van der Waals surface area contributed by atoms with E-state index in [2.05, 4.69) is 179 Å². The van der Waals surface area contributed by atoms with Crippen LogP contribution in [-0.4, -0.2) is 37.2 Å². The van der Waals surface area contributed by atoms with Crippen LogP contribution in [0.1, 0.15) is 252 Å². The minimum atomic E-state index is -0.813. The van der Waals surface area contributed by atoms with Crippen molar-refractivity contribution in [3.63, 3.8) is 0 Å². The van der Waals surface area contributed by atoms with E-state index in [4.69, 9.17) is 14.2 Å². The predicted octanol–water partition coefficient (Wildman–Crippen LogP) is 21.3. The normalized spacial score (nSPS) is 13.2. The molecule has 0 bridgehead atoms. The summed E-state index contributed by atoms with van der Waals surface area (Å²) in [5.41, 5.74) is 0. The zero-order valence-electron chi connectivity index (χ0n) is 49.4. The van der Waals surface area contributed by atoms with Gasteiger partial charge < -0.3 is 14.2 Å². The lowest BCUT2D eigenvalue weighted by Crippen LogP contribution is -2.30. The molecule has 0 spiro atoms. The van der Waals surface area contributed by atoms with Crippen LogP contribution in [0, 0.1) is 0 Å². The van der Waals surface area contributed by atoms with Crippen LogP contribution >= 0.6 is 0 Å². The molecule has 6 heteroatoms. The van der Waals surface area contributed by atoms with Gasteiger partial charge in [0.2, 0.25) is 0 Å². The van der Waals surface area contributed by atoms with E-state index in [0.29, 0.717) is 25.7 Å². The molecule has 0 aliphatic heterocycles. The molecular formula is C71H112O6. The summed E-state index contributed by atoms with van der Waals surface area (Å²) in [4.78, 5) is 38.1. The Balaban J connectivity index is 4.37. The SMILES string of the molecule is CC/C=C\C/C=C\C/C=C\C/C=C\C/C=C\C/C=C\C/C=C\C/C=C\C/C=C\C/C=C\CCCCC(=O)OCC(COC(=O)CCCCCCC/C=C\CCCC)OC(=O)CCCCCCC/C=C\C/C=C\CCCCC. The van der Waals surface area contributed by atoms with Crippen LogP contribution in [0.25, 0.3) is 0 Å². The van der Waals surface area contributed by atoms with Gasteiger partial charge in [0, 0.05) is 19.3 Å². The molecule has 0 heterocycles. The maximum absolute atomic E-state index is 12.8. The van der Waals surface area contributed by atoms with Gasteiger partial charge in [-0.1, -0.05) is 243 Å². The molecule has 0 aliphatic carbocycles. The van der Waals surface area contributed by atoms with E-state index in [-0.39, 0.29) is 31.1 Å². The highest BCUT2D eigenvalue weighted by Crippen LogP contribution is 2.13. The molecule has 0 N–H and O–H groups in total. The van der Waals surface area contributed by atoms with Crippen molar-refractivity contribution < 1.29 is 28.6 Å². The number of hydrogen-bond donors (Lipinski definition) is 0. The molecule has 0 aromatic heterocycles. The van der Waals surface area contributed by atoms with Crippen molar-refractivity contribution in [3.8, 4) is 0 Å². The van der Waals surface area contributed by atoms with Crippen LogP contribution in [0.4, 0.5) is 0 Å². The van der Waals surface area contributed by atoms with Crippen molar-refractivity contribution in [1.82, 2.24) is 0 Å². The van der Waals surface area contributed by atoms with Gasteiger partial charge in [-0.3, -0.25) is 14.4 Å². The molecule has 1 unspecified atom stereocenters. The highest BCUT2D eigenvalue weighted by Gasteiger charge is 2.19. The van der Waals surface area contributed by atoms with Crippen molar-refractivity contribution in [2.45, 2.75) is 258 Å². The number of carbonyl (C=O) groups excluding carboxylic acids is 3. The van der Waals surface area contributed by atoms with Crippen LogP contribution in [0.2, 0.25) is 0 Å². The Morgan fingerprint density at radius 3 is 0.870 bits per heavy atom. The lowest BCUT2D eigenvalue weighted by molar-refractivity contribution is -0.167. The fourth-order valence-corrected chi connectivity index (χ4v) is 7.83. The molecule has 1 atom stereocenters. The molecule has 432 valence electrons. The predicted molar refractivity (Wildman–Crippen MR) is 334 cm³/mol. The summed E-state index contributed by atoms with van der Waals surface area (Å²) in [6.45, 7) is 6.39. The molecule has 0 fully saturated rings. The summed E-state index contributed by atoms with van der Waals surface area (Å²) < 4.78 is 16.8. The maximum atomic E-state index is 12.8. The Bertz CT molecular complexity index is 1740. The second kappa shape index (κ2) is 63.6. The molecular weight excluding hydrogens is 949 g/mol. The summed E-state index contributed by atoms with van der Waals surface area (Å²) >= 11 is 0. The number of allylic oxidation sites excluding steroid dienone is 26. The molecule has 6 nitrogen and oxygen atoms in total. The molecule has 0 saturated carbocycles. The van der Waals surface area contributed by atoms with E-state index >= 15 is 0 Å². The van der Waals surface area contributed by atoms with E-state index in [1.54, 1.807) is 0 Å². The average molecular weight is 1060 g/mol. The third kappa shape index (κ3) is 61.8. The van der Waals surface area contributed by atoms with Crippen molar-refractivity contribution in [2.75, 3.05) is 13.2 Å². The second-order valence-corrected chi connectivity index (χ2v) is 19.9. The lowest BCUT2D eigenvalue weighted by atomic mass is 10.1. The van der Waals surface area contributed by atoms with E-state index in [1.165, 1.54) is 51.4 Å². The fourth-order valence-electron chi connectivity index (χ4n) is 7.83. The molecule has 0 aromatic carbocycles. The van der Waals surface area contributed by atoms with Crippen LogP contribution in [0.15, 0.2) is 158 Å². The maximum Gasteiger partial charge on any atom is 0.306 e. The van der Waals surface area contributed by atoms with Crippen molar-refractivity contribution in [2.24, 2.45) is 0 Å². The number of ether oxygens (including phenoxy) is 3. The van der Waals surface area contributed by atoms with Gasteiger partial charge in [-0.05, 0) is 148 Å². The standard InChI is InChI=1S/C71H112O6/c1-4-7-10-13-16-19-22-24-26-27-28-29-30-31-32-33-34-35-36-37-38-39-40-41-42-43-45-46-49-52-55-58-61-64-70(73)76-67-68(66-75-69(72)63-60-57-54-51-48-21-18-15-12-9-6-3)77-71(74)65-62-59-56-53-50-47-44-25-23-20-17-14-11-8-5-2/h7,10,15-20,24-26,28-29,31-32,34-35,37-38,40-41,43-45,49,52,68H,4-6,8-9,11-14,21-23,27,30,33,36,39,42,46-48,50-51,53-67H2,1-3H3/b10-7-,18-15-,19-16-,20-17-,26-24-,29-28-,32-31-,35-34-,38-37-,41-40-,44-25-,45-43-,52-49-. The van der Waals surface area contributed by atoms with Crippen LogP contribution < -0.4 is 0 Å². The van der Waals surface area contributed by atoms with Gasteiger partial charge in [-0.2, -0.15) is 0 Å². The topological polar surface area (TPSA) is 78.9 Å². The number of hydrogen-bond acceptors (Lipinski definition) is 6. The largest absolute Gasteiger partial charge is 0.462 e. The second-order valence-electron chi connectivity index (χ2n) is 19.9. The van der Waals surface area contributed by atoms with E-state index in [0.717, 1.165) is 154 Å². The van der Waals surface area contributed by atoms with Gasteiger partial charge in [0.15, 0.2) is 6.10 Å². The zero-order chi connectivity index (χ0) is 55.7. The molecule has 0 saturated heterocycles. The summed E-state index contributed by atoms with van der Waals surface area (Å²) in [7, 11) is 0. The van der Waals surface area contributed by atoms with E-state index < -0.39 is 6.10 Å². The van der Waals surface area contributed by atoms with Gasteiger partial charge in [-0.15, -0.1) is 0 Å². The van der Waals surface area contributed by atoms with Crippen LogP contribution in [0.5, 0.6) is 0 Å². The average Bonchev–Trinajstić information content (AvgIpc) is 3.43. The van der Waals surface area contributed by atoms with Gasteiger partial charge in [0.1, 0.15) is 13.2 Å². The quantitative estimate of drug-likeness (QED) is 0.0261. The summed E-state index contributed by atoms with van der Waals surface area (Å²) in [5.74, 6) is -0.983. The number of unbranched alkanes of at least 4 members (excludes halogenated alkanes) is 17. The highest BCUT2D eigenvalue weighted by molar-refractivity contribution is 5.71. The Kier molecular flexibility index (Phi) is 59.5. The zero-order valence-corrected chi connectivity index (χ0v) is 49.4. The Morgan fingerprint density at radius 1 is 0.273 bits per heavy atom. The minimum absolute atomic E-state index is 0.108. The Hall–Kier alpha value is -4.97. The molecule has 0 aromatic rings. The molecule has 0 aliphatic rings. The molecule has 0 radical (unpaired) electrons. The number of carbonyl (C=O) groups is 3. The smallest absolute Gasteiger partial charge is 0.306 e. The third-order valence-electron chi connectivity index (χ3n) is 12.5. The first-order valence-electron chi connectivity index (χ1n) is 31.0. The van der Waals surface area contributed by atoms with Gasteiger partial charge >= 0.3 is 17.9 Å². The number of esters is 3. The first-order chi connectivity index (χ1) is 38.0. The minimum Gasteiger partial charge on any atom is -0.462 e. The summed E-state index contributed by atoms with van der Waals surface area (Å²) in [5, 5.41) is 0. The van der Waals surface area contributed by atoms with Gasteiger partial charge in [0.05, 0.1) is 0 Å². The van der Waals surface area contributed by atoms with Crippen molar-refractivity contribution >= 4 is 17.9 Å².